The SMILES string of the molecule is Cc1cccc(C)c1NC(=O)Cn1nnc2c(cnn2-c2ccccc2)c1=O. The summed E-state index contributed by atoms with van der Waals surface area (Å²) in [4.78, 5) is 25.2. The van der Waals surface area contributed by atoms with Gasteiger partial charge < -0.3 is 5.32 Å². The van der Waals surface area contributed by atoms with Crippen molar-refractivity contribution in [2.75, 3.05) is 5.32 Å². The average Bonchev–Trinajstić information content (AvgIpc) is 3.13. The second-order valence-corrected chi connectivity index (χ2v) is 6.50. The van der Waals surface area contributed by atoms with E-state index in [0.29, 0.717) is 11.0 Å². The van der Waals surface area contributed by atoms with E-state index in [9.17, 15) is 9.59 Å². The first kappa shape index (κ1) is 17.6. The van der Waals surface area contributed by atoms with Gasteiger partial charge >= 0.3 is 0 Å². The second-order valence-electron chi connectivity index (χ2n) is 6.50. The van der Waals surface area contributed by atoms with E-state index in [4.69, 9.17) is 0 Å². The predicted molar refractivity (Wildman–Crippen MR) is 105 cm³/mol. The van der Waals surface area contributed by atoms with Crippen molar-refractivity contribution in [1.29, 1.82) is 0 Å². The monoisotopic (exact) mass is 374 g/mol. The lowest BCUT2D eigenvalue weighted by Gasteiger charge is -2.11. The zero-order chi connectivity index (χ0) is 19.7. The Hall–Kier alpha value is -3.81. The van der Waals surface area contributed by atoms with E-state index >= 15 is 0 Å². The van der Waals surface area contributed by atoms with E-state index < -0.39 is 5.56 Å². The van der Waals surface area contributed by atoms with Gasteiger partial charge in [0.1, 0.15) is 11.9 Å². The molecule has 0 atom stereocenters. The Morgan fingerprint density at radius 2 is 1.75 bits per heavy atom. The number of fused-ring (bicyclic) bond motifs is 1. The number of hydrogen-bond acceptors (Lipinski definition) is 5. The molecule has 0 aliphatic heterocycles. The predicted octanol–water partition coefficient (Wildman–Crippen LogP) is 2.23. The Balaban J connectivity index is 1.63. The number of aromatic nitrogens is 5. The van der Waals surface area contributed by atoms with E-state index in [1.54, 1.807) is 4.68 Å². The lowest BCUT2D eigenvalue weighted by molar-refractivity contribution is -0.117. The van der Waals surface area contributed by atoms with Crippen molar-refractivity contribution in [1.82, 2.24) is 24.8 Å². The van der Waals surface area contributed by atoms with Gasteiger partial charge in [-0.25, -0.2) is 9.36 Å². The lowest BCUT2D eigenvalue weighted by Crippen LogP contribution is -2.30. The van der Waals surface area contributed by atoms with Crippen LogP contribution in [-0.2, 0) is 11.3 Å². The minimum atomic E-state index is -0.413. The fourth-order valence-electron chi connectivity index (χ4n) is 3.05. The van der Waals surface area contributed by atoms with Crippen molar-refractivity contribution >= 4 is 22.6 Å². The molecule has 0 aliphatic carbocycles. The van der Waals surface area contributed by atoms with Crippen LogP contribution in [0.5, 0.6) is 0 Å². The van der Waals surface area contributed by atoms with Gasteiger partial charge in [0, 0.05) is 5.69 Å². The largest absolute Gasteiger partial charge is 0.324 e. The highest BCUT2D eigenvalue weighted by Crippen LogP contribution is 2.19. The van der Waals surface area contributed by atoms with Crippen LogP contribution >= 0.6 is 0 Å². The van der Waals surface area contributed by atoms with Crippen LogP contribution in [0.15, 0.2) is 59.5 Å². The van der Waals surface area contributed by atoms with Crippen molar-refractivity contribution in [2.24, 2.45) is 0 Å². The van der Waals surface area contributed by atoms with Gasteiger partial charge in [0.2, 0.25) is 5.91 Å². The summed E-state index contributed by atoms with van der Waals surface area (Å²) in [6.45, 7) is 3.60. The van der Waals surface area contributed by atoms with E-state index in [2.05, 4.69) is 20.7 Å². The van der Waals surface area contributed by atoms with Gasteiger partial charge in [-0.3, -0.25) is 9.59 Å². The molecule has 8 heteroatoms. The van der Waals surface area contributed by atoms with Crippen LogP contribution in [0, 0.1) is 13.8 Å². The molecule has 0 bridgehead atoms. The number of hydrogen-bond donors (Lipinski definition) is 1. The zero-order valence-corrected chi connectivity index (χ0v) is 15.5. The average molecular weight is 374 g/mol. The number of amides is 1. The van der Waals surface area contributed by atoms with Crippen LogP contribution < -0.4 is 10.9 Å². The Morgan fingerprint density at radius 3 is 2.46 bits per heavy atom. The number of rotatable bonds is 4. The normalized spacial score (nSPS) is 10.9. The van der Waals surface area contributed by atoms with E-state index in [1.807, 2.05) is 62.4 Å². The highest BCUT2D eigenvalue weighted by molar-refractivity contribution is 5.92. The fourth-order valence-corrected chi connectivity index (χ4v) is 3.05. The van der Waals surface area contributed by atoms with Crippen LogP contribution in [0.3, 0.4) is 0 Å². The number of nitrogens with zero attached hydrogens (tertiary/aromatic N) is 5. The summed E-state index contributed by atoms with van der Waals surface area (Å²) in [5, 5.41) is 15.4. The van der Waals surface area contributed by atoms with E-state index in [-0.39, 0.29) is 12.5 Å². The topological polar surface area (TPSA) is 94.7 Å². The first-order valence-electron chi connectivity index (χ1n) is 8.77. The molecule has 2 aromatic carbocycles. The molecular weight excluding hydrogens is 356 g/mol. The molecule has 0 saturated heterocycles. The van der Waals surface area contributed by atoms with Crippen LogP contribution in [-0.4, -0.2) is 30.7 Å². The van der Waals surface area contributed by atoms with Crippen molar-refractivity contribution in [3.63, 3.8) is 0 Å². The Bertz CT molecular complexity index is 1210. The molecule has 28 heavy (non-hydrogen) atoms. The van der Waals surface area contributed by atoms with Crippen molar-refractivity contribution in [2.45, 2.75) is 20.4 Å². The smallest absolute Gasteiger partial charge is 0.281 e. The Labute approximate surface area is 160 Å². The molecule has 0 spiro atoms. The summed E-state index contributed by atoms with van der Waals surface area (Å²) in [5.41, 5.74) is 3.35. The van der Waals surface area contributed by atoms with Crippen LogP contribution in [0.4, 0.5) is 5.69 Å². The van der Waals surface area contributed by atoms with Gasteiger partial charge in [-0.2, -0.15) is 5.10 Å². The molecule has 1 amide bonds. The van der Waals surface area contributed by atoms with Crippen molar-refractivity contribution < 1.29 is 4.79 Å². The summed E-state index contributed by atoms with van der Waals surface area (Å²) < 4.78 is 2.59. The number of carbonyl (C=O) groups is 1. The molecule has 4 aromatic rings. The molecule has 2 heterocycles. The number of aryl methyl sites for hydroxylation is 2. The molecule has 0 unspecified atom stereocenters. The number of nitrogens with one attached hydrogen (secondary N) is 1. The molecule has 2 aromatic heterocycles. The Kier molecular flexibility index (Phi) is 4.44. The lowest BCUT2D eigenvalue weighted by atomic mass is 10.1. The standard InChI is InChI=1S/C20H18N6O2/c1-13-7-6-8-14(2)18(13)22-17(27)12-25-20(28)16-11-21-26(19(16)23-24-25)15-9-4-3-5-10-15/h3-11H,12H2,1-2H3,(H,22,27). The van der Waals surface area contributed by atoms with Crippen molar-refractivity contribution in [3.8, 4) is 5.69 Å². The third-order valence-electron chi connectivity index (χ3n) is 4.50. The highest BCUT2D eigenvalue weighted by Gasteiger charge is 2.15. The van der Waals surface area contributed by atoms with E-state index in [0.717, 1.165) is 27.2 Å². The first-order valence-corrected chi connectivity index (χ1v) is 8.77. The van der Waals surface area contributed by atoms with Gasteiger partial charge in [-0.15, -0.1) is 5.10 Å². The quantitative estimate of drug-likeness (QED) is 0.591. The highest BCUT2D eigenvalue weighted by atomic mass is 16.2. The van der Waals surface area contributed by atoms with Crippen LogP contribution in [0.2, 0.25) is 0 Å². The first-order chi connectivity index (χ1) is 13.5. The summed E-state index contributed by atoms with van der Waals surface area (Å²) >= 11 is 0. The second kappa shape index (κ2) is 7.07. The molecule has 0 aliphatic rings. The van der Waals surface area contributed by atoms with Gasteiger partial charge in [0.25, 0.3) is 5.56 Å². The van der Waals surface area contributed by atoms with Crippen molar-refractivity contribution in [3.05, 3.63) is 76.2 Å². The summed E-state index contributed by atoms with van der Waals surface area (Å²) in [6, 6.07) is 15.1. The molecular formula is C20H18N6O2. The number of para-hydroxylation sites is 2. The van der Waals surface area contributed by atoms with Gasteiger partial charge in [0.05, 0.1) is 11.9 Å². The maximum atomic E-state index is 12.7. The van der Waals surface area contributed by atoms with Gasteiger partial charge in [-0.05, 0) is 37.1 Å². The van der Waals surface area contributed by atoms with Crippen LogP contribution in [0.25, 0.3) is 16.7 Å². The summed E-state index contributed by atoms with van der Waals surface area (Å²) in [7, 11) is 0. The zero-order valence-electron chi connectivity index (χ0n) is 15.5. The molecule has 140 valence electrons. The third kappa shape index (κ3) is 3.16. The summed E-state index contributed by atoms with van der Waals surface area (Å²) in [6.07, 6.45) is 1.44. The van der Waals surface area contributed by atoms with E-state index in [1.165, 1.54) is 6.20 Å². The minimum absolute atomic E-state index is 0.230. The maximum absolute atomic E-state index is 12.7. The summed E-state index contributed by atoms with van der Waals surface area (Å²) in [5.74, 6) is -0.344. The molecule has 8 nitrogen and oxygen atoms in total. The molecule has 0 radical (unpaired) electrons. The Morgan fingerprint density at radius 1 is 1.04 bits per heavy atom. The fraction of sp³-hybridized carbons (Fsp3) is 0.150. The number of carbonyl (C=O) groups excluding carboxylic acids is 1. The van der Waals surface area contributed by atoms with Crippen LogP contribution in [0.1, 0.15) is 11.1 Å². The molecule has 0 saturated carbocycles. The van der Waals surface area contributed by atoms with Gasteiger partial charge in [0.15, 0.2) is 5.65 Å². The maximum Gasteiger partial charge on any atom is 0.281 e. The molecule has 4 rings (SSSR count). The van der Waals surface area contributed by atoms with Gasteiger partial charge in [-0.1, -0.05) is 41.6 Å². The number of anilines is 1. The minimum Gasteiger partial charge on any atom is -0.324 e. The number of benzene rings is 2. The third-order valence-corrected chi connectivity index (χ3v) is 4.50. The molecule has 0 fully saturated rings. The molecule has 1 N–H and O–H groups in total.